The zero-order valence-corrected chi connectivity index (χ0v) is 13.4. The first kappa shape index (κ1) is 15.4. The minimum Gasteiger partial charge on any atom is -0.373 e. The molecule has 112 valence electrons. The van der Waals surface area contributed by atoms with E-state index in [0.717, 1.165) is 29.1 Å². The van der Waals surface area contributed by atoms with E-state index >= 15 is 0 Å². The van der Waals surface area contributed by atoms with Crippen molar-refractivity contribution in [2.75, 3.05) is 19.5 Å². The van der Waals surface area contributed by atoms with Gasteiger partial charge in [0.15, 0.2) is 5.82 Å². The predicted molar refractivity (Wildman–Crippen MR) is 86.4 cm³/mol. The van der Waals surface area contributed by atoms with Gasteiger partial charge in [0.2, 0.25) is 0 Å². The molecule has 1 aromatic carbocycles. The fourth-order valence-corrected chi connectivity index (χ4v) is 2.27. The zero-order chi connectivity index (χ0) is 15.5. The van der Waals surface area contributed by atoms with Gasteiger partial charge >= 0.3 is 0 Å². The summed E-state index contributed by atoms with van der Waals surface area (Å²) in [5.74, 6) is 1.55. The van der Waals surface area contributed by atoms with E-state index in [4.69, 9.17) is 9.72 Å². The van der Waals surface area contributed by atoms with Gasteiger partial charge < -0.3 is 10.1 Å². The highest BCUT2D eigenvalue weighted by atomic mass is 16.5. The number of rotatable bonds is 5. The first-order valence-electron chi connectivity index (χ1n) is 7.23. The molecule has 1 heterocycles. The van der Waals surface area contributed by atoms with E-state index in [-0.39, 0.29) is 0 Å². The van der Waals surface area contributed by atoms with Gasteiger partial charge in [-0.25, -0.2) is 9.97 Å². The average molecular weight is 285 g/mol. The van der Waals surface area contributed by atoms with E-state index in [0.29, 0.717) is 5.82 Å². The second-order valence-corrected chi connectivity index (χ2v) is 5.27. The quantitative estimate of drug-likeness (QED) is 0.908. The smallest absolute Gasteiger partial charge is 0.162 e. The fraction of sp³-hybridized carbons (Fsp3) is 0.412. The van der Waals surface area contributed by atoms with Gasteiger partial charge in [-0.1, -0.05) is 37.3 Å². The van der Waals surface area contributed by atoms with Crippen LogP contribution in [0, 0.1) is 6.92 Å². The van der Waals surface area contributed by atoms with Gasteiger partial charge in [-0.2, -0.15) is 0 Å². The number of hydrogen-bond acceptors (Lipinski definition) is 4. The molecule has 1 aromatic heterocycles. The van der Waals surface area contributed by atoms with E-state index in [1.54, 1.807) is 7.11 Å². The van der Waals surface area contributed by atoms with E-state index < -0.39 is 5.60 Å². The molecule has 0 aliphatic carbocycles. The second-order valence-electron chi connectivity index (χ2n) is 5.27. The maximum Gasteiger partial charge on any atom is 0.162 e. The minimum absolute atomic E-state index is 0.483. The lowest BCUT2D eigenvalue weighted by Gasteiger charge is -2.26. The van der Waals surface area contributed by atoms with Gasteiger partial charge in [0, 0.05) is 25.3 Å². The van der Waals surface area contributed by atoms with Gasteiger partial charge in [0.05, 0.1) is 5.69 Å². The Bertz CT molecular complexity index is 607. The summed E-state index contributed by atoms with van der Waals surface area (Å²) in [4.78, 5) is 9.43. The van der Waals surface area contributed by atoms with Crippen molar-refractivity contribution in [2.45, 2.75) is 32.8 Å². The first-order valence-corrected chi connectivity index (χ1v) is 7.23. The summed E-state index contributed by atoms with van der Waals surface area (Å²) in [6.07, 6.45) is 0.809. The Hall–Kier alpha value is -1.94. The molecule has 1 atom stereocenters. The molecule has 0 aliphatic heterocycles. The van der Waals surface area contributed by atoms with Crippen LogP contribution in [0.15, 0.2) is 30.3 Å². The normalized spacial score (nSPS) is 13.8. The van der Waals surface area contributed by atoms with Crippen molar-refractivity contribution in [1.82, 2.24) is 9.97 Å². The Kier molecular flexibility index (Phi) is 4.58. The molecule has 1 unspecified atom stereocenters. The minimum atomic E-state index is -0.483. The third kappa shape index (κ3) is 2.90. The van der Waals surface area contributed by atoms with Gasteiger partial charge in [0.25, 0.3) is 0 Å². The Morgan fingerprint density at radius 3 is 2.38 bits per heavy atom. The summed E-state index contributed by atoms with van der Waals surface area (Å²) in [5, 5.41) is 3.16. The summed E-state index contributed by atoms with van der Waals surface area (Å²) >= 11 is 0. The SMILES string of the molecule is CCC(C)(OC)c1nc(NC)c(C)c(-c2ccccc2)n1. The molecule has 0 saturated carbocycles. The van der Waals surface area contributed by atoms with Gasteiger partial charge in [-0.3, -0.25) is 0 Å². The Morgan fingerprint density at radius 1 is 1.19 bits per heavy atom. The van der Waals surface area contributed by atoms with Crippen molar-refractivity contribution in [3.8, 4) is 11.3 Å². The standard InChI is InChI=1S/C17H23N3O/c1-6-17(3,21-5)16-19-14(12(2)15(18-4)20-16)13-10-8-7-9-11-13/h7-11H,6H2,1-5H3,(H,18,19,20). The van der Waals surface area contributed by atoms with Crippen LogP contribution in [-0.4, -0.2) is 24.1 Å². The molecular weight excluding hydrogens is 262 g/mol. The van der Waals surface area contributed by atoms with Crippen LogP contribution >= 0.6 is 0 Å². The molecule has 0 bridgehead atoms. The highest BCUT2D eigenvalue weighted by Crippen LogP contribution is 2.31. The van der Waals surface area contributed by atoms with Crippen molar-refractivity contribution >= 4 is 5.82 Å². The summed E-state index contributed by atoms with van der Waals surface area (Å²) in [5.41, 5.74) is 2.59. The number of methoxy groups -OCH3 is 1. The molecule has 0 fully saturated rings. The van der Waals surface area contributed by atoms with Crippen LogP contribution in [-0.2, 0) is 10.3 Å². The maximum absolute atomic E-state index is 5.65. The lowest BCUT2D eigenvalue weighted by atomic mass is 10.0. The second kappa shape index (κ2) is 6.22. The van der Waals surface area contributed by atoms with Crippen molar-refractivity contribution in [1.29, 1.82) is 0 Å². The van der Waals surface area contributed by atoms with Crippen LogP contribution in [0.5, 0.6) is 0 Å². The number of anilines is 1. The third-order valence-electron chi connectivity index (χ3n) is 4.03. The number of nitrogens with one attached hydrogen (secondary N) is 1. The summed E-state index contributed by atoms with van der Waals surface area (Å²) in [7, 11) is 3.58. The van der Waals surface area contributed by atoms with Crippen LogP contribution in [0.2, 0.25) is 0 Å². The molecule has 4 heteroatoms. The maximum atomic E-state index is 5.65. The largest absolute Gasteiger partial charge is 0.373 e. The Labute approximate surface area is 126 Å². The molecule has 4 nitrogen and oxygen atoms in total. The molecule has 0 radical (unpaired) electrons. The van der Waals surface area contributed by atoms with E-state index in [2.05, 4.69) is 29.4 Å². The van der Waals surface area contributed by atoms with Crippen molar-refractivity contribution in [2.24, 2.45) is 0 Å². The van der Waals surface area contributed by atoms with Gasteiger partial charge in [0.1, 0.15) is 11.4 Å². The molecule has 21 heavy (non-hydrogen) atoms. The van der Waals surface area contributed by atoms with Gasteiger partial charge in [-0.05, 0) is 20.3 Å². The van der Waals surface area contributed by atoms with Crippen LogP contribution in [0.3, 0.4) is 0 Å². The summed E-state index contributed by atoms with van der Waals surface area (Å²) in [6.45, 7) is 6.13. The number of nitrogens with zero attached hydrogens (tertiary/aromatic N) is 2. The molecule has 0 saturated heterocycles. The first-order chi connectivity index (χ1) is 10.1. The Balaban J connectivity index is 2.66. The van der Waals surface area contributed by atoms with Gasteiger partial charge in [-0.15, -0.1) is 0 Å². The highest BCUT2D eigenvalue weighted by Gasteiger charge is 2.29. The Morgan fingerprint density at radius 2 is 1.86 bits per heavy atom. The van der Waals surface area contributed by atoms with E-state index in [1.165, 1.54) is 0 Å². The number of aromatic nitrogens is 2. The lowest BCUT2D eigenvalue weighted by Crippen LogP contribution is -2.27. The molecule has 0 amide bonds. The van der Waals surface area contributed by atoms with E-state index in [1.807, 2.05) is 39.1 Å². The van der Waals surface area contributed by atoms with Crippen LogP contribution in [0.1, 0.15) is 31.7 Å². The molecule has 0 aliphatic rings. The predicted octanol–water partition coefficient (Wildman–Crippen LogP) is 3.77. The van der Waals surface area contributed by atoms with Crippen molar-refractivity contribution in [3.05, 3.63) is 41.7 Å². The summed E-state index contributed by atoms with van der Waals surface area (Å²) < 4.78 is 5.65. The molecule has 1 N–H and O–H groups in total. The molecular formula is C17H23N3O. The third-order valence-corrected chi connectivity index (χ3v) is 4.03. The topological polar surface area (TPSA) is 47.0 Å². The van der Waals surface area contributed by atoms with Crippen LogP contribution < -0.4 is 5.32 Å². The summed E-state index contributed by atoms with van der Waals surface area (Å²) in [6, 6.07) is 10.2. The van der Waals surface area contributed by atoms with Crippen LogP contribution in [0.25, 0.3) is 11.3 Å². The average Bonchev–Trinajstić information content (AvgIpc) is 2.55. The van der Waals surface area contributed by atoms with Crippen LogP contribution in [0.4, 0.5) is 5.82 Å². The number of hydrogen-bond donors (Lipinski definition) is 1. The highest BCUT2D eigenvalue weighted by molar-refractivity contribution is 5.68. The fourth-order valence-electron chi connectivity index (χ4n) is 2.27. The van der Waals surface area contributed by atoms with E-state index in [9.17, 15) is 0 Å². The lowest BCUT2D eigenvalue weighted by molar-refractivity contribution is -0.00879. The monoisotopic (exact) mass is 285 g/mol. The van der Waals surface area contributed by atoms with Crippen molar-refractivity contribution in [3.63, 3.8) is 0 Å². The molecule has 2 rings (SSSR count). The molecule has 2 aromatic rings. The molecule has 0 spiro atoms. The number of ether oxygens (including phenoxy) is 1. The number of benzene rings is 1. The van der Waals surface area contributed by atoms with Crippen molar-refractivity contribution < 1.29 is 4.74 Å². The zero-order valence-electron chi connectivity index (χ0n) is 13.4.